The first-order valence-electron chi connectivity index (χ1n) is 5.81. The Labute approximate surface area is 111 Å². The highest BCUT2D eigenvalue weighted by Gasteiger charge is 2.16. The van der Waals surface area contributed by atoms with E-state index >= 15 is 0 Å². The number of nitrogen functional groups attached to an aromatic ring is 1. The lowest BCUT2D eigenvalue weighted by Crippen LogP contribution is -2.26. The van der Waals surface area contributed by atoms with E-state index in [1.54, 1.807) is 6.33 Å². The lowest BCUT2D eigenvalue weighted by molar-refractivity contribution is 0.750. The van der Waals surface area contributed by atoms with Crippen LogP contribution in [-0.2, 0) is 0 Å². The molecular weight excluding hydrogens is 244 g/mol. The molecular formula is C13H18N4S. The normalized spacial score (nSPS) is 11.7. The second kappa shape index (κ2) is 5.02. The predicted octanol–water partition coefficient (Wildman–Crippen LogP) is 2.77. The summed E-state index contributed by atoms with van der Waals surface area (Å²) in [5.74, 6) is 0.842. The van der Waals surface area contributed by atoms with Crippen LogP contribution < -0.4 is 11.1 Å². The zero-order valence-corrected chi connectivity index (χ0v) is 11.7. The Balaban J connectivity index is 2.30. The van der Waals surface area contributed by atoms with Gasteiger partial charge in [0.05, 0.1) is 5.52 Å². The van der Waals surface area contributed by atoms with Crippen LogP contribution in [0.15, 0.2) is 24.5 Å². The topological polar surface area (TPSA) is 63.8 Å². The van der Waals surface area contributed by atoms with Crippen molar-refractivity contribution in [2.75, 3.05) is 23.9 Å². The quantitative estimate of drug-likeness (QED) is 0.830. The van der Waals surface area contributed by atoms with Crippen LogP contribution in [0.5, 0.6) is 0 Å². The van der Waals surface area contributed by atoms with Gasteiger partial charge in [0.2, 0.25) is 0 Å². The molecule has 3 N–H and O–H groups in total. The summed E-state index contributed by atoms with van der Waals surface area (Å²) in [6.45, 7) is 5.24. The smallest absolute Gasteiger partial charge is 0.137 e. The van der Waals surface area contributed by atoms with Crippen molar-refractivity contribution >= 4 is 34.2 Å². The Hall–Kier alpha value is -1.49. The van der Waals surface area contributed by atoms with Gasteiger partial charge in [0.15, 0.2) is 0 Å². The highest BCUT2D eigenvalue weighted by molar-refractivity contribution is 7.99. The first-order valence-corrected chi connectivity index (χ1v) is 7.03. The van der Waals surface area contributed by atoms with E-state index in [0.29, 0.717) is 0 Å². The van der Waals surface area contributed by atoms with Crippen molar-refractivity contribution < 1.29 is 0 Å². The van der Waals surface area contributed by atoms with Gasteiger partial charge in [0.1, 0.15) is 12.1 Å². The number of hydrogen-bond acceptors (Lipinski definition) is 5. The number of hydrogen-bond donors (Lipinski definition) is 2. The highest BCUT2D eigenvalue weighted by Crippen LogP contribution is 2.25. The molecule has 0 saturated heterocycles. The lowest BCUT2D eigenvalue weighted by Gasteiger charge is -2.22. The second-order valence-corrected chi connectivity index (χ2v) is 6.33. The fourth-order valence-electron chi connectivity index (χ4n) is 1.58. The van der Waals surface area contributed by atoms with Crippen LogP contribution in [0.25, 0.3) is 10.9 Å². The Morgan fingerprint density at radius 2 is 2.11 bits per heavy atom. The molecule has 96 valence electrons. The molecule has 0 atom stereocenters. The largest absolute Gasteiger partial charge is 0.399 e. The minimum Gasteiger partial charge on any atom is -0.399 e. The molecule has 1 heterocycles. The number of nitrogens with zero attached hydrogens (tertiary/aromatic N) is 2. The Bertz CT molecular complexity index is 554. The van der Waals surface area contributed by atoms with Crippen molar-refractivity contribution in [3.05, 3.63) is 24.5 Å². The van der Waals surface area contributed by atoms with Gasteiger partial charge in [-0.25, -0.2) is 9.97 Å². The first-order chi connectivity index (χ1) is 8.52. The average Bonchev–Trinajstić information content (AvgIpc) is 2.36. The van der Waals surface area contributed by atoms with Crippen molar-refractivity contribution in [1.29, 1.82) is 0 Å². The summed E-state index contributed by atoms with van der Waals surface area (Å²) in [5.41, 5.74) is 7.45. The molecule has 0 bridgehead atoms. The molecule has 0 spiro atoms. The van der Waals surface area contributed by atoms with E-state index < -0.39 is 0 Å². The second-order valence-electron chi connectivity index (χ2n) is 4.82. The van der Waals surface area contributed by atoms with Gasteiger partial charge in [0, 0.05) is 22.4 Å². The van der Waals surface area contributed by atoms with Gasteiger partial charge in [0.25, 0.3) is 0 Å². The molecule has 1 aromatic carbocycles. The molecule has 0 unspecified atom stereocenters. The molecule has 0 aliphatic rings. The first kappa shape index (κ1) is 13.0. The standard InChI is InChI=1S/C13H18N4S/c1-13(2,18-3)7-15-12-10-6-9(14)4-5-11(10)16-8-17-12/h4-6,8H,7,14H2,1-3H3,(H,15,16,17). The van der Waals surface area contributed by atoms with E-state index in [1.807, 2.05) is 30.0 Å². The molecule has 0 saturated carbocycles. The van der Waals surface area contributed by atoms with Gasteiger partial charge in [-0.2, -0.15) is 11.8 Å². The van der Waals surface area contributed by atoms with Crippen molar-refractivity contribution in [1.82, 2.24) is 9.97 Å². The fourth-order valence-corrected chi connectivity index (χ4v) is 1.80. The third kappa shape index (κ3) is 2.85. The van der Waals surface area contributed by atoms with Gasteiger partial charge in [-0.1, -0.05) is 0 Å². The summed E-state index contributed by atoms with van der Waals surface area (Å²) in [5, 5.41) is 4.35. The van der Waals surface area contributed by atoms with Crippen molar-refractivity contribution in [3.63, 3.8) is 0 Å². The zero-order valence-electron chi connectivity index (χ0n) is 10.9. The lowest BCUT2D eigenvalue weighted by atomic mass is 10.2. The van der Waals surface area contributed by atoms with Gasteiger partial charge >= 0.3 is 0 Å². The number of nitrogens with two attached hydrogens (primary N) is 1. The number of rotatable bonds is 4. The van der Waals surface area contributed by atoms with E-state index in [9.17, 15) is 0 Å². The number of anilines is 2. The predicted molar refractivity (Wildman–Crippen MR) is 80.0 cm³/mol. The maximum absolute atomic E-state index is 5.81. The molecule has 4 nitrogen and oxygen atoms in total. The van der Waals surface area contributed by atoms with Crippen LogP contribution in [-0.4, -0.2) is 27.5 Å². The van der Waals surface area contributed by atoms with E-state index in [-0.39, 0.29) is 4.75 Å². The Morgan fingerprint density at radius 1 is 1.33 bits per heavy atom. The maximum Gasteiger partial charge on any atom is 0.137 e. The summed E-state index contributed by atoms with van der Waals surface area (Å²) in [6.07, 6.45) is 3.69. The van der Waals surface area contributed by atoms with E-state index in [1.165, 1.54) is 0 Å². The van der Waals surface area contributed by atoms with Crippen LogP contribution in [0.3, 0.4) is 0 Å². The third-order valence-corrected chi connectivity index (χ3v) is 4.14. The van der Waals surface area contributed by atoms with Gasteiger partial charge in [-0.05, 0) is 38.3 Å². The SMILES string of the molecule is CSC(C)(C)CNc1ncnc2ccc(N)cc12. The summed E-state index contributed by atoms with van der Waals surface area (Å²) >= 11 is 1.82. The number of thioether (sulfide) groups is 1. The number of nitrogens with one attached hydrogen (secondary N) is 1. The molecule has 2 rings (SSSR count). The fraction of sp³-hybridized carbons (Fsp3) is 0.385. The average molecular weight is 262 g/mol. The number of aromatic nitrogens is 2. The van der Waals surface area contributed by atoms with Gasteiger partial charge < -0.3 is 11.1 Å². The minimum absolute atomic E-state index is 0.164. The summed E-state index contributed by atoms with van der Waals surface area (Å²) in [4.78, 5) is 8.53. The summed E-state index contributed by atoms with van der Waals surface area (Å²) in [7, 11) is 0. The summed E-state index contributed by atoms with van der Waals surface area (Å²) < 4.78 is 0.164. The van der Waals surface area contributed by atoms with Crippen LogP contribution in [0.2, 0.25) is 0 Å². The van der Waals surface area contributed by atoms with Crippen molar-refractivity contribution in [2.24, 2.45) is 0 Å². The van der Waals surface area contributed by atoms with Gasteiger partial charge in [-0.3, -0.25) is 0 Å². The molecule has 0 radical (unpaired) electrons. The Morgan fingerprint density at radius 3 is 2.83 bits per heavy atom. The van der Waals surface area contributed by atoms with Crippen LogP contribution in [0.4, 0.5) is 11.5 Å². The third-order valence-electron chi connectivity index (χ3n) is 2.89. The zero-order chi connectivity index (χ0) is 13.2. The monoisotopic (exact) mass is 262 g/mol. The van der Waals surface area contributed by atoms with E-state index in [2.05, 4.69) is 35.4 Å². The molecule has 2 aromatic rings. The molecule has 0 aliphatic carbocycles. The molecule has 0 amide bonds. The summed E-state index contributed by atoms with van der Waals surface area (Å²) in [6, 6.07) is 5.67. The molecule has 1 aromatic heterocycles. The Kier molecular flexibility index (Phi) is 3.61. The molecule has 18 heavy (non-hydrogen) atoms. The maximum atomic E-state index is 5.81. The number of fused-ring (bicyclic) bond motifs is 1. The van der Waals surface area contributed by atoms with E-state index in [0.717, 1.165) is 29.0 Å². The van der Waals surface area contributed by atoms with Crippen LogP contribution in [0.1, 0.15) is 13.8 Å². The van der Waals surface area contributed by atoms with Crippen LogP contribution >= 0.6 is 11.8 Å². The number of benzene rings is 1. The van der Waals surface area contributed by atoms with Crippen LogP contribution in [0, 0.1) is 0 Å². The van der Waals surface area contributed by atoms with Crippen molar-refractivity contribution in [2.45, 2.75) is 18.6 Å². The van der Waals surface area contributed by atoms with Gasteiger partial charge in [-0.15, -0.1) is 0 Å². The highest BCUT2D eigenvalue weighted by atomic mass is 32.2. The molecule has 5 heteroatoms. The van der Waals surface area contributed by atoms with Crippen molar-refractivity contribution in [3.8, 4) is 0 Å². The molecule has 0 aliphatic heterocycles. The van der Waals surface area contributed by atoms with E-state index in [4.69, 9.17) is 5.73 Å². The minimum atomic E-state index is 0.164. The molecule has 0 fully saturated rings.